The van der Waals surface area contributed by atoms with Gasteiger partial charge in [0.05, 0.1) is 31.6 Å². The van der Waals surface area contributed by atoms with Gasteiger partial charge in [0.25, 0.3) is 0 Å². The third-order valence-electron chi connectivity index (χ3n) is 3.84. The summed E-state index contributed by atoms with van der Waals surface area (Å²) in [6, 6.07) is 9.29. The van der Waals surface area contributed by atoms with Gasteiger partial charge in [0.15, 0.2) is 11.5 Å². The number of fused-ring (bicyclic) bond motifs is 1. The fourth-order valence-corrected chi connectivity index (χ4v) is 2.67. The van der Waals surface area contributed by atoms with Gasteiger partial charge in [-0.1, -0.05) is 6.07 Å². The number of benzene rings is 1. The van der Waals surface area contributed by atoms with E-state index in [1.165, 1.54) is 6.08 Å². The van der Waals surface area contributed by atoms with E-state index < -0.39 is 5.97 Å². The van der Waals surface area contributed by atoms with Crippen molar-refractivity contribution in [3.63, 3.8) is 0 Å². The molecule has 0 radical (unpaired) electrons. The molecule has 0 aliphatic carbocycles. The number of hydrogen-bond donors (Lipinski definition) is 0. The molecule has 0 bridgehead atoms. The second-order valence-electron chi connectivity index (χ2n) is 5.50. The Bertz CT molecular complexity index is 973. The molecule has 0 amide bonds. The van der Waals surface area contributed by atoms with Crippen LogP contribution in [0.3, 0.4) is 0 Å². The fourth-order valence-electron chi connectivity index (χ4n) is 2.67. The van der Waals surface area contributed by atoms with Crippen LogP contribution in [0, 0.1) is 6.92 Å². The number of carboxylic acid groups (broad SMARTS) is 1. The molecule has 1 aromatic carbocycles. The summed E-state index contributed by atoms with van der Waals surface area (Å²) in [6.45, 7) is 1.96. The molecule has 6 nitrogen and oxygen atoms in total. The maximum atomic E-state index is 10.9. The molecule has 25 heavy (non-hydrogen) atoms. The van der Waals surface area contributed by atoms with E-state index in [0.717, 1.165) is 17.2 Å². The van der Waals surface area contributed by atoms with E-state index in [1.807, 2.05) is 41.8 Å². The Hall–Kier alpha value is -3.28. The minimum atomic E-state index is -1.26. The van der Waals surface area contributed by atoms with Gasteiger partial charge in [-0.15, -0.1) is 0 Å². The molecule has 128 valence electrons. The van der Waals surface area contributed by atoms with Crippen LogP contribution in [0.15, 0.2) is 42.6 Å². The first-order valence-corrected chi connectivity index (χ1v) is 7.63. The second kappa shape index (κ2) is 6.68. The molecule has 2 heterocycles. The number of hydrogen-bond acceptors (Lipinski definition) is 5. The Morgan fingerprint density at radius 2 is 1.92 bits per heavy atom. The third-order valence-corrected chi connectivity index (χ3v) is 3.84. The average Bonchev–Trinajstić information content (AvgIpc) is 2.96. The Labute approximate surface area is 145 Å². The highest BCUT2D eigenvalue weighted by atomic mass is 16.5. The number of imidazole rings is 1. The largest absolute Gasteiger partial charge is 0.545 e. The van der Waals surface area contributed by atoms with Crippen LogP contribution in [0.1, 0.15) is 11.3 Å². The summed E-state index contributed by atoms with van der Waals surface area (Å²) in [4.78, 5) is 15.5. The minimum Gasteiger partial charge on any atom is -0.545 e. The Morgan fingerprint density at radius 1 is 1.16 bits per heavy atom. The topological polar surface area (TPSA) is 75.9 Å². The molecule has 0 saturated carbocycles. The lowest BCUT2D eigenvalue weighted by Gasteiger charge is -2.09. The van der Waals surface area contributed by atoms with Crippen LogP contribution in [-0.4, -0.2) is 29.6 Å². The quantitative estimate of drug-likeness (QED) is 0.666. The zero-order valence-corrected chi connectivity index (χ0v) is 14.1. The van der Waals surface area contributed by atoms with Crippen molar-refractivity contribution in [3.8, 4) is 22.8 Å². The fraction of sp³-hybridized carbons (Fsp3) is 0.158. The SMILES string of the molecule is COc1ccc(-c2nc3ccc(C)cn3c2/C=C/C(=O)[O-])cc1OC. The van der Waals surface area contributed by atoms with Gasteiger partial charge in [-0.3, -0.25) is 4.40 Å². The van der Waals surface area contributed by atoms with Crippen LogP contribution in [0.5, 0.6) is 11.5 Å². The Morgan fingerprint density at radius 3 is 2.60 bits per heavy atom. The number of nitrogens with zero attached hydrogens (tertiary/aromatic N) is 2. The highest BCUT2D eigenvalue weighted by Gasteiger charge is 2.14. The molecule has 0 unspecified atom stereocenters. The van der Waals surface area contributed by atoms with Crippen LogP contribution < -0.4 is 14.6 Å². The number of carbonyl (C=O) groups is 1. The van der Waals surface area contributed by atoms with Crippen molar-refractivity contribution >= 4 is 17.7 Å². The number of aromatic nitrogens is 2. The molecule has 3 rings (SSSR count). The smallest absolute Gasteiger partial charge is 0.161 e. The molecule has 0 aliphatic rings. The van der Waals surface area contributed by atoms with Gasteiger partial charge in [-0.2, -0.15) is 0 Å². The Balaban J connectivity index is 2.24. The normalized spacial score (nSPS) is 11.2. The first-order valence-electron chi connectivity index (χ1n) is 7.63. The standard InChI is InChI=1S/C19H18N2O4/c1-12-4-8-17-20-19(14(21(17)11-12)6-9-18(22)23)13-5-7-15(24-2)16(10-13)25-3/h4-11H,1-3H3,(H,22,23)/p-1/b9-6+. The van der Waals surface area contributed by atoms with Gasteiger partial charge < -0.3 is 19.4 Å². The van der Waals surface area contributed by atoms with Crippen LogP contribution in [-0.2, 0) is 4.79 Å². The van der Waals surface area contributed by atoms with Crippen LogP contribution in [0.25, 0.3) is 23.0 Å². The number of methoxy groups -OCH3 is 2. The van der Waals surface area contributed by atoms with Gasteiger partial charge in [0.2, 0.25) is 0 Å². The summed E-state index contributed by atoms with van der Waals surface area (Å²) < 4.78 is 12.5. The minimum absolute atomic E-state index is 0.572. The zero-order chi connectivity index (χ0) is 18.0. The molecular formula is C19H17N2O4-. The predicted octanol–water partition coefficient (Wildman–Crippen LogP) is 2.09. The summed E-state index contributed by atoms with van der Waals surface area (Å²) in [6.07, 6.45) is 4.39. The summed E-state index contributed by atoms with van der Waals surface area (Å²) >= 11 is 0. The molecule has 3 aromatic rings. The second-order valence-corrected chi connectivity index (χ2v) is 5.50. The third kappa shape index (κ3) is 3.19. The summed E-state index contributed by atoms with van der Waals surface area (Å²) in [5.41, 5.74) is 3.83. The van der Waals surface area contributed by atoms with E-state index in [9.17, 15) is 9.90 Å². The van der Waals surface area contributed by atoms with Gasteiger partial charge in [0.1, 0.15) is 5.65 Å². The highest BCUT2D eigenvalue weighted by Crippen LogP contribution is 2.34. The van der Waals surface area contributed by atoms with Crippen molar-refractivity contribution in [3.05, 3.63) is 53.9 Å². The van der Waals surface area contributed by atoms with Crippen molar-refractivity contribution in [2.24, 2.45) is 0 Å². The lowest BCUT2D eigenvalue weighted by molar-refractivity contribution is -0.297. The molecule has 0 fully saturated rings. The van der Waals surface area contributed by atoms with E-state index in [-0.39, 0.29) is 0 Å². The van der Waals surface area contributed by atoms with Crippen molar-refractivity contribution < 1.29 is 19.4 Å². The van der Waals surface area contributed by atoms with Crippen LogP contribution >= 0.6 is 0 Å². The van der Waals surface area contributed by atoms with Crippen LogP contribution in [0.4, 0.5) is 0 Å². The molecule has 0 atom stereocenters. The van der Waals surface area contributed by atoms with Gasteiger partial charge in [-0.25, -0.2) is 4.98 Å². The van der Waals surface area contributed by atoms with Crippen molar-refractivity contribution in [1.29, 1.82) is 0 Å². The monoisotopic (exact) mass is 337 g/mol. The Kier molecular flexibility index (Phi) is 4.43. The van der Waals surface area contributed by atoms with Gasteiger partial charge in [0, 0.05) is 11.8 Å². The zero-order valence-electron chi connectivity index (χ0n) is 14.1. The average molecular weight is 337 g/mol. The molecule has 0 aliphatic heterocycles. The number of aryl methyl sites for hydroxylation is 1. The van der Waals surface area contributed by atoms with Crippen molar-refractivity contribution in [2.75, 3.05) is 14.2 Å². The molecule has 0 spiro atoms. The highest BCUT2D eigenvalue weighted by molar-refractivity contribution is 5.86. The maximum absolute atomic E-state index is 10.9. The van der Waals surface area contributed by atoms with E-state index in [1.54, 1.807) is 20.3 Å². The molecule has 6 heteroatoms. The number of pyridine rings is 1. The first-order chi connectivity index (χ1) is 12.0. The number of aliphatic carboxylic acids is 1. The lowest BCUT2D eigenvalue weighted by atomic mass is 10.1. The van der Waals surface area contributed by atoms with Gasteiger partial charge >= 0.3 is 0 Å². The van der Waals surface area contributed by atoms with E-state index >= 15 is 0 Å². The van der Waals surface area contributed by atoms with E-state index in [4.69, 9.17) is 9.47 Å². The van der Waals surface area contributed by atoms with E-state index in [0.29, 0.717) is 28.5 Å². The number of ether oxygens (including phenoxy) is 2. The summed E-state index contributed by atoms with van der Waals surface area (Å²) in [7, 11) is 3.13. The number of rotatable bonds is 5. The molecular weight excluding hydrogens is 320 g/mol. The predicted molar refractivity (Wildman–Crippen MR) is 92.5 cm³/mol. The number of carbonyl (C=O) groups excluding carboxylic acids is 1. The van der Waals surface area contributed by atoms with Crippen molar-refractivity contribution in [1.82, 2.24) is 9.38 Å². The summed E-state index contributed by atoms with van der Waals surface area (Å²) in [5.74, 6) is -0.0818. The molecule has 0 saturated heterocycles. The lowest BCUT2D eigenvalue weighted by Crippen LogP contribution is -2.18. The summed E-state index contributed by atoms with van der Waals surface area (Å²) in [5, 5.41) is 10.9. The molecule has 2 aromatic heterocycles. The first kappa shape index (κ1) is 16.6. The van der Waals surface area contributed by atoms with Crippen molar-refractivity contribution in [2.45, 2.75) is 6.92 Å². The number of carboxylic acids is 1. The molecule has 0 N–H and O–H groups in total. The van der Waals surface area contributed by atoms with E-state index in [2.05, 4.69) is 4.98 Å². The van der Waals surface area contributed by atoms with Gasteiger partial charge in [-0.05, 0) is 48.9 Å². The maximum Gasteiger partial charge on any atom is 0.161 e. The van der Waals surface area contributed by atoms with Crippen LogP contribution in [0.2, 0.25) is 0 Å².